The van der Waals surface area contributed by atoms with Gasteiger partial charge in [-0.1, -0.05) is 5.16 Å². The van der Waals surface area contributed by atoms with Crippen molar-refractivity contribution >= 4 is 5.78 Å². The summed E-state index contributed by atoms with van der Waals surface area (Å²) < 4.78 is 46.7. The first kappa shape index (κ1) is 15.6. The van der Waals surface area contributed by atoms with Crippen LogP contribution in [0.15, 0.2) is 10.6 Å². The quantitative estimate of drug-likeness (QED) is 0.714. The molecular formula is C11H15F3N2O3. The number of hydrogen-bond acceptors (Lipinski definition) is 5. The van der Waals surface area contributed by atoms with Gasteiger partial charge in [-0.25, -0.2) is 0 Å². The van der Waals surface area contributed by atoms with Crippen LogP contribution in [0.4, 0.5) is 13.2 Å². The van der Waals surface area contributed by atoms with Crippen LogP contribution in [0.25, 0.3) is 0 Å². The molecule has 0 aliphatic rings. The molecule has 1 rings (SSSR count). The van der Waals surface area contributed by atoms with Crippen molar-refractivity contribution in [3.63, 3.8) is 0 Å². The maximum atomic E-state index is 12.4. The topological polar surface area (TPSA) is 55.6 Å². The van der Waals surface area contributed by atoms with Gasteiger partial charge < -0.3 is 9.26 Å². The zero-order valence-electron chi connectivity index (χ0n) is 10.7. The van der Waals surface area contributed by atoms with Crippen molar-refractivity contribution < 1.29 is 27.2 Å². The van der Waals surface area contributed by atoms with E-state index in [9.17, 15) is 18.0 Å². The molecule has 19 heavy (non-hydrogen) atoms. The minimum absolute atomic E-state index is 0.0802. The predicted molar refractivity (Wildman–Crippen MR) is 59.7 cm³/mol. The first-order chi connectivity index (χ1) is 8.81. The Morgan fingerprint density at radius 1 is 1.53 bits per heavy atom. The zero-order chi connectivity index (χ0) is 14.5. The molecule has 0 radical (unpaired) electrons. The monoisotopic (exact) mass is 280 g/mol. The van der Waals surface area contributed by atoms with Gasteiger partial charge in [0.2, 0.25) is 0 Å². The van der Waals surface area contributed by atoms with E-state index in [-0.39, 0.29) is 36.9 Å². The number of alkyl halides is 3. The maximum absolute atomic E-state index is 12.4. The summed E-state index contributed by atoms with van der Waals surface area (Å²) in [6.45, 7) is 0.422. The van der Waals surface area contributed by atoms with Crippen molar-refractivity contribution in [2.45, 2.75) is 19.6 Å². The molecule has 0 aliphatic carbocycles. The van der Waals surface area contributed by atoms with Crippen molar-refractivity contribution in [1.29, 1.82) is 0 Å². The summed E-state index contributed by atoms with van der Waals surface area (Å²) in [6.07, 6.45) is -4.31. The summed E-state index contributed by atoms with van der Waals surface area (Å²) in [4.78, 5) is 12.1. The summed E-state index contributed by atoms with van der Waals surface area (Å²) in [7, 11) is 1.41. The van der Waals surface area contributed by atoms with Gasteiger partial charge in [-0.3, -0.25) is 9.69 Å². The molecule has 0 fully saturated rings. The number of halogens is 3. The number of aromatic nitrogens is 1. The average Bonchev–Trinajstić information content (AvgIpc) is 2.72. The van der Waals surface area contributed by atoms with Crippen LogP contribution in [0.5, 0.6) is 0 Å². The summed E-state index contributed by atoms with van der Waals surface area (Å²) in [6, 6.07) is 1.35. The highest BCUT2D eigenvalue weighted by Gasteiger charge is 2.31. The third-order valence-electron chi connectivity index (χ3n) is 2.31. The SMILES string of the molecule is COCCN(Cc1cc(C(C)=O)no1)CC(F)(F)F. The molecule has 0 aromatic carbocycles. The van der Waals surface area contributed by atoms with E-state index in [0.29, 0.717) is 0 Å². The molecule has 0 unspecified atom stereocenters. The number of methoxy groups -OCH3 is 1. The molecule has 1 heterocycles. The van der Waals surface area contributed by atoms with E-state index in [1.54, 1.807) is 0 Å². The average molecular weight is 280 g/mol. The predicted octanol–water partition coefficient (Wildman–Crippen LogP) is 1.89. The molecular weight excluding hydrogens is 265 g/mol. The Labute approximate surface area is 108 Å². The van der Waals surface area contributed by atoms with Gasteiger partial charge in [0, 0.05) is 26.6 Å². The number of carbonyl (C=O) groups is 1. The van der Waals surface area contributed by atoms with Crippen LogP contribution < -0.4 is 0 Å². The third-order valence-corrected chi connectivity index (χ3v) is 2.31. The number of nitrogens with zero attached hydrogens (tertiary/aromatic N) is 2. The van der Waals surface area contributed by atoms with Crippen molar-refractivity contribution in [1.82, 2.24) is 10.1 Å². The van der Waals surface area contributed by atoms with Crippen LogP contribution in [-0.2, 0) is 11.3 Å². The van der Waals surface area contributed by atoms with Gasteiger partial charge in [0.05, 0.1) is 19.7 Å². The lowest BCUT2D eigenvalue weighted by Gasteiger charge is -2.21. The van der Waals surface area contributed by atoms with Gasteiger partial charge in [-0.05, 0) is 0 Å². The molecule has 8 heteroatoms. The van der Waals surface area contributed by atoms with Crippen molar-refractivity contribution in [2.75, 3.05) is 26.8 Å². The molecule has 0 spiro atoms. The van der Waals surface area contributed by atoms with E-state index in [2.05, 4.69) is 5.16 Å². The molecule has 5 nitrogen and oxygen atoms in total. The van der Waals surface area contributed by atoms with E-state index >= 15 is 0 Å². The number of ketones is 1. The van der Waals surface area contributed by atoms with E-state index in [1.807, 2.05) is 0 Å². The fraction of sp³-hybridized carbons (Fsp3) is 0.636. The lowest BCUT2D eigenvalue weighted by atomic mass is 10.3. The fourth-order valence-electron chi connectivity index (χ4n) is 1.46. The fourth-order valence-corrected chi connectivity index (χ4v) is 1.46. The van der Waals surface area contributed by atoms with Crippen molar-refractivity contribution in [3.8, 4) is 0 Å². The Bertz CT molecular complexity index is 418. The van der Waals surface area contributed by atoms with Crippen LogP contribution in [0.3, 0.4) is 0 Å². The molecule has 0 N–H and O–H groups in total. The minimum Gasteiger partial charge on any atom is -0.383 e. The molecule has 108 valence electrons. The van der Waals surface area contributed by atoms with Crippen LogP contribution in [0.1, 0.15) is 23.2 Å². The largest absolute Gasteiger partial charge is 0.401 e. The Balaban J connectivity index is 2.66. The second-order valence-electron chi connectivity index (χ2n) is 4.05. The summed E-state index contributed by atoms with van der Waals surface area (Å²) in [5.74, 6) is -0.0835. The number of carbonyl (C=O) groups excluding carboxylic acids is 1. The molecule has 0 atom stereocenters. The standard InChI is InChI=1S/C11H15F3N2O3/c1-8(17)10-5-9(19-15-10)6-16(3-4-18-2)7-11(12,13)14/h5H,3-4,6-7H2,1-2H3. The first-order valence-electron chi connectivity index (χ1n) is 5.56. The second kappa shape index (κ2) is 6.67. The maximum Gasteiger partial charge on any atom is 0.401 e. The van der Waals surface area contributed by atoms with Gasteiger partial charge in [-0.2, -0.15) is 13.2 Å². The molecule has 0 amide bonds. The van der Waals surface area contributed by atoms with E-state index in [1.165, 1.54) is 20.1 Å². The molecule has 1 aromatic heterocycles. The van der Waals surface area contributed by atoms with Crippen LogP contribution in [0.2, 0.25) is 0 Å². The van der Waals surface area contributed by atoms with Gasteiger partial charge in [-0.15, -0.1) is 0 Å². The molecule has 1 aromatic rings. The molecule has 0 aliphatic heterocycles. The summed E-state index contributed by atoms with van der Waals surface area (Å²) in [5.41, 5.74) is 0.105. The summed E-state index contributed by atoms with van der Waals surface area (Å²) >= 11 is 0. The van der Waals surface area contributed by atoms with E-state index in [0.717, 1.165) is 4.90 Å². The molecule has 0 saturated carbocycles. The lowest BCUT2D eigenvalue weighted by Crippen LogP contribution is -2.35. The Hall–Kier alpha value is -1.41. The van der Waals surface area contributed by atoms with Crippen LogP contribution >= 0.6 is 0 Å². The van der Waals surface area contributed by atoms with Gasteiger partial charge in [0.1, 0.15) is 5.69 Å². The zero-order valence-corrected chi connectivity index (χ0v) is 10.7. The van der Waals surface area contributed by atoms with Gasteiger partial charge in [0.25, 0.3) is 0 Å². The third kappa shape index (κ3) is 5.84. The van der Waals surface area contributed by atoms with Crippen LogP contribution in [0, 0.1) is 0 Å². The van der Waals surface area contributed by atoms with Gasteiger partial charge in [0.15, 0.2) is 11.5 Å². The lowest BCUT2D eigenvalue weighted by molar-refractivity contribution is -0.148. The van der Waals surface area contributed by atoms with Crippen LogP contribution in [-0.4, -0.2) is 48.8 Å². The Kier molecular flexibility index (Phi) is 5.49. The minimum atomic E-state index is -4.31. The van der Waals surface area contributed by atoms with E-state index < -0.39 is 12.7 Å². The number of Topliss-reactive ketones (excluding diaryl/α,β-unsaturated/α-hetero) is 1. The van der Waals surface area contributed by atoms with E-state index in [4.69, 9.17) is 9.26 Å². The normalized spacial score (nSPS) is 12.1. The highest BCUT2D eigenvalue weighted by molar-refractivity contribution is 5.91. The second-order valence-corrected chi connectivity index (χ2v) is 4.05. The Morgan fingerprint density at radius 3 is 2.68 bits per heavy atom. The number of rotatable bonds is 7. The number of hydrogen-bond donors (Lipinski definition) is 0. The highest BCUT2D eigenvalue weighted by atomic mass is 19.4. The smallest absolute Gasteiger partial charge is 0.383 e. The first-order valence-corrected chi connectivity index (χ1v) is 5.56. The molecule has 0 saturated heterocycles. The van der Waals surface area contributed by atoms with Crippen molar-refractivity contribution in [2.24, 2.45) is 0 Å². The Morgan fingerprint density at radius 2 is 2.21 bits per heavy atom. The van der Waals surface area contributed by atoms with Gasteiger partial charge >= 0.3 is 6.18 Å². The highest BCUT2D eigenvalue weighted by Crippen LogP contribution is 2.18. The summed E-state index contributed by atoms with van der Waals surface area (Å²) in [5, 5.41) is 3.48. The van der Waals surface area contributed by atoms with Crippen molar-refractivity contribution in [3.05, 3.63) is 17.5 Å². The molecule has 0 bridgehead atoms. The number of ether oxygens (including phenoxy) is 1.